The Morgan fingerprint density at radius 3 is 2.36 bits per heavy atom. The van der Waals surface area contributed by atoms with Crippen LogP contribution in [0.1, 0.15) is 124 Å². The van der Waals surface area contributed by atoms with Crippen LogP contribution in [0.15, 0.2) is 36.5 Å². The van der Waals surface area contributed by atoms with Gasteiger partial charge in [-0.05, 0) is 43.8 Å². The highest BCUT2D eigenvalue weighted by Gasteiger charge is 2.57. The number of unbranched alkanes of at least 4 members (excludes halogenated alkanes) is 4. The van der Waals surface area contributed by atoms with Gasteiger partial charge in [0, 0.05) is 43.6 Å². The smallest absolute Gasteiger partial charge is 0.330 e. The van der Waals surface area contributed by atoms with Crippen LogP contribution in [0.5, 0.6) is 0 Å². The highest BCUT2D eigenvalue weighted by molar-refractivity contribution is 5.83. The number of methoxy groups -OCH3 is 1. The van der Waals surface area contributed by atoms with Crippen LogP contribution >= 0.6 is 0 Å². The molecule has 3 fully saturated rings. The van der Waals surface area contributed by atoms with Crippen molar-refractivity contribution in [2.75, 3.05) is 20.3 Å². The van der Waals surface area contributed by atoms with Crippen molar-refractivity contribution in [3.05, 3.63) is 36.5 Å². The van der Waals surface area contributed by atoms with Gasteiger partial charge < -0.3 is 53.2 Å². The molecule has 0 saturated carbocycles. The van der Waals surface area contributed by atoms with Crippen LogP contribution in [0.2, 0.25) is 0 Å². The van der Waals surface area contributed by atoms with Crippen molar-refractivity contribution in [2.24, 2.45) is 5.41 Å². The number of rotatable bonds is 13. The van der Waals surface area contributed by atoms with E-state index in [-0.39, 0.29) is 62.9 Å². The van der Waals surface area contributed by atoms with E-state index in [1.165, 1.54) is 13.2 Å². The summed E-state index contributed by atoms with van der Waals surface area (Å²) in [5.74, 6) is -4.90. The maximum absolute atomic E-state index is 13.4. The number of fused-ring (bicyclic) bond motifs is 6. The number of esters is 4. The first-order valence-corrected chi connectivity index (χ1v) is 21.0. The van der Waals surface area contributed by atoms with Gasteiger partial charge in [-0.1, -0.05) is 65.2 Å². The number of aliphatic hydroxyl groups excluding tert-OH is 2. The number of aliphatic hydroxyl groups is 3. The molecule has 4 heterocycles. The van der Waals surface area contributed by atoms with Gasteiger partial charge in [-0.25, -0.2) is 4.79 Å². The van der Waals surface area contributed by atoms with Crippen LogP contribution in [0.25, 0.3) is 0 Å². The second-order valence-electron chi connectivity index (χ2n) is 16.5. The Balaban J connectivity index is 1.74. The largest absolute Gasteiger partial charge is 0.466 e. The van der Waals surface area contributed by atoms with Gasteiger partial charge in [-0.2, -0.15) is 0 Å². The van der Waals surface area contributed by atoms with Crippen LogP contribution in [0.3, 0.4) is 0 Å². The summed E-state index contributed by atoms with van der Waals surface area (Å²) in [6.45, 7) is 8.47. The molecule has 4 aliphatic heterocycles. The molecular weight excluding hydrogens is 756 g/mol. The van der Waals surface area contributed by atoms with E-state index >= 15 is 0 Å². The average Bonchev–Trinajstić information content (AvgIpc) is 3.16. The van der Waals surface area contributed by atoms with Crippen molar-refractivity contribution in [1.29, 1.82) is 0 Å². The van der Waals surface area contributed by atoms with Crippen molar-refractivity contribution in [3.8, 4) is 0 Å². The Morgan fingerprint density at radius 1 is 0.931 bits per heavy atom. The Bertz CT molecular complexity index is 1430. The third-order valence-electron chi connectivity index (χ3n) is 11.2. The van der Waals surface area contributed by atoms with Crippen LogP contribution in [-0.4, -0.2) is 120 Å². The monoisotopic (exact) mass is 822 g/mol. The first kappa shape index (κ1) is 47.5. The Hall–Kier alpha value is -3.18. The van der Waals surface area contributed by atoms with E-state index in [2.05, 4.69) is 13.5 Å². The molecular formula is C43H66O15. The molecule has 4 rings (SSSR count). The number of carbonyl (C=O) groups excluding carboxylic acids is 4. The van der Waals surface area contributed by atoms with Gasteiger partial charge in [0.05, 0.1) is 63.2 Å². The van der Waals surface area contributed by atoms with E-state index in [1.807, 2.05) is 0 Å². The standard InChI is InChI=1S/C43H66O15/c1-6-8-9-10-11-15-36(46)57-41-28(20-37(47)51-5)19-34-25-35(27-44)54-39(49)22-29(45)21-30-13-12-14-31(53-30)23-32-24-33(26-38(48)52-18-7-2)56-40(55-32)16-17-42(3,4)43(41,50)58-34/h7,16-17,20,29-35,40-41,44-45,50H,2,6,8-15,18-19,21-27H2,1,3-5H3/t29-,30+,31-,32?,33-,34+,35?,40-,41+,43-/m1/s1. The molecule has 6 bridgehead atoms. The molecule has 10 atom stereocenters. The first-order chi connectivity index (χ1) is 27.7. The molecule has 0 radical (unpaired) electrons. The lowest BCUT2D eigenvalue weighted by Gasteiger charge is -2.51. The first-order valence-electron chi connectivity index (χ1n) is 21.0. The molecule has 4 aliphatic rings. The van der Waals surface area contributed by atoms with Gasteiger partial charge in [-0.15, -0.1) is 0 Å². The number of hydrogen-bond donors (Lipinski definition) is 3. The van der Waals surface area contributed by atoms with Crippen molar-refractivity contribution >= 4 is 23.9 Å². The van der Waals surface area contributed by atoms with Crippen molar-refractivity contribution in [2.45, 2.75) is 184 Å². The average molecular weight is 823 g/mol. The lowest BCUT2D eigenvalue weighted by Crippen LogP contribution is -2.62. The summed E-state index contributed by atoms with van der Waals surface area (Å²) in [6, 6.07) is 0. The quantitative estimate of drug-likeness (QED) is 0.0750. The van der Waals surface area contributed by atoms with Crippen LogP contribution in [-0.2, 0) is 57.1 Å². The van der Waals surface area contributed by atoms with Crippen molar-refractivity contribution in [3.63, 3.8) is 0 Å². The van der Waals surface area contributed by atoms with Crippen LogP contribution in [0, 0.1) is 5.41 Å². The van der Waals surface area contributed by atoms with Gasteiger partial charge in [0.2, 0.25) is 5.79 Å². The summed E-state index contributed by atoms with van der Waals surface area (Å²) in [5, 5.41) is 34.0. The summed E-state index contributed by atoms with van der Waals surface area (Å²) in [5.41, 5.74) is -1.22. The topological polar surface area (TPSA) is 203 Å². The molecule has 15 nitrogen and oxygen atoms in total. The second kappa shape index (κ2) is 23.0. The molecule has 2 unspecified atom stereocenters. The maximum atomic E-state index is 13.4. The highest BCUT2D eigenvalue weighted by Crippen LogP contribution is 2.47. The summed E-state index contributed by atoms with van der Waals surface area (Å²) in [4.78, 5) is 52.0. The second-order valence-corrected chi connectivity index (χ2v) is 16.5. The van der Waals surface area contributed by atoms with Gasteiger partial charge in [0.25, 0.3) is 0 Å². The molecule has 3 N–H and O–H groups in total. The highest BCUT2D eigenvalue weighted by atomic mass is 16.7. The molecule has 3 saturated heterocycles. The van der Waals surface area contributed by atoms with Gasteiger partial charge >= 0.3 is 23.9 Å². The lowest BCUT2D eigenvalue weighted by molar-refractivity contribution is -0.327. The molecule has 15 heteroatoms. The fourth-order valence-corrected chi connectivity index (χ4v) is 8.08. The van der Waals surface area contributed by atoms with E-state index in [0.717, 1.165) is 44.6 Å². The lowest BCUT2D eigenvalue weighted by atomic mass is 9.74. The minimum atomic E-state index is -2.35. The molecule has 0 spiro atoms. The number of cyclic esters (lactones) is 1. The van der Waals surface area contributed by atoms with E-state index in [1.54, 1.807) is 26.0 Å². The number of hydrogen-bond acceptors (Lipinski definition) is 15. The van der Waals surface area contributed by atoms with Gasteiger partial charge in [0.15, 0.2) is 12.4 Å². The van der Waals surface area contributed by atoms with Crippen LogP contribution in [0.4, 0.5) is 0 Å². The summed E-state index contributed by atoms with van der Waals surface area (Å²) >= 11 is 0. The van der Waals surface area contributed by atoms with Gasteiger partial charge in [-0.3, -0.25) is 14.4 Å². The predicted molar refractivity (Wildman–Crippen MR) is 209 cm³/mol. The van der Waals surface area contributed by atoms with Gasteiger partial charge in [0.1, 0.15) is 12.7 Å². The molecule has 328 valence electrons. The summed E-state index contributed by atoms with van der Waals surface area (Å²) < 4.78 is 47.3. The molecule has 0 amide bonds. The van der Waals surface area contributed by atoms with E-state index in [4.69, 9.17) is 37.9 Å². The molecule has 58 heavy (non-hydrogen) atoms. The molecule has 0 aliphatic carbocycles. The molecule has 0 aromatic heterocycles. The predicted octanol–water partition coefficient (Wildman–Crippen LogP) is 4.81. The molecule has 0 aromatic carbocycles. The minimum absolute atomic E-state index is 0.0449. The summed E-state index contributed by atoms with van der Waals surface area (Å²) in [7, 11) is 1.20. The zero-order valence-corrected chi connectivity index (χ0v) is 34.7. The normalized spacial score (nSPS) is 33.9. The zero-order valence-electron chi connectivity index (χ0n) is 34.7. The Labute approximate surface area is 342 Å². The van der Waals surface area contributed by atoms with Crippen LogP contribution < -0.4 is 0 Å². The van der Waals surface area contributed by atoms with Crippen molar-refractivity contribution in [1.82, 2.24) is 0 Å². The fourth-order valence-electron chi connectivity index (χ4n) is 8.08. The Morgan fingerprint density at radius 2 is 1.66 bits per heavy atom. The summed E-state index contributed by atoms with van der Waals surface area (Å²) in [6.07, 6.45) is 5.95. The van der Waals surface area contributed by atoms with E-state index in [9.17, 15) is 34.5 Å². The third-order valence-corrected chi connectivity index (χ3v) is 11.2. The minimum Gasteiger partial charge on any atom is -0.466 e. The van der Waals surface area contributed by atoms with Crippen molar-refractivity contribution < 1.29 is 72.4 Å². The SMILES string of the molecule is C=CCOC(=O)C[C@H]1CC2C[C@H]3CCC[C@@H](C[C@@H](O)CC(=O)OC(CO)C[C@@H]4CC(=CC(=O)OC)[C@H](OC(=O)CCCCCCC)[C@@](O)(O4)C(C)(C)C=C[C@H](O2)O1)O3. The number of ether oxygens (including phenoxy) is 8. The van der Waals surface area contributed by atoms with E-state index in [0.29, 0.717) is 25.7 Å². The van der Waals surface area contributed by atoms with E-state index < -0.39 is 84.6 Å². The number of carbonyl (C=O) groups is 4. The fraction of sp³-hybridized carbons (Fsp3) is 0.767. The third kappa shape index (κ3) is 14.2. The Kier molecular flexibility index (Phi) is 18.8. The maximum Gasteiger partial charge on any atom is 0.330 e. The zero-order chi connectivity index (χ0) is 42.3. The molecule has 0 aromatic rings.